The average Bonchev–Trinajstić information content (AvgIpc) is 2.64. The quantitative estimate of drug-likeness (QED) is 0.382. The Balaban J connectivity index is 2.10. The molecule has 0 bridgehead atoms. The molecule has 3 rings (SSSR count). The number of nitrogens with one attached hydrogen (secondary N) is 1. The van der Waals surface area contributed by atoms with E-state index in [1.54, 1.807) is 6.07 Å². The maximum atomic E-state index is 12.7. The van der Waals surface area contributed by atoms with Crippen LogP contribution in [0.2, 0.25) is 0 Å². The summed E-state index contributed by atoms with van der Waals surface area (Å²) in [5.74, 6) is -1.27. The van der Waals surface area contributed by atoms with E-state index in [1.165, 1.54) is 18.2 Å². The molecule has 0 aliphatic heterocycles. The SMILES string of the molecule is Cc1cc(NCCCN(C)C)c2oc(-c3ccc(O)c(O)c3)c(O)c(=O)c2c1. The summed E-state index contributed by atoms with van der Waals surface area (Å²) in [6.45, 7) is 3.48. The number of benzene rings is 2. The Labute approximate surface area is 162 Å². The number of aromatic hydroxyl groups is 3. The lowest BCUT2D eigenvalue weighted by atomic mass is 10.1. The third-order valence-electron chi connectivity index (χ3n) is 4.45. The minimum atomic E-state index is -0.552. The van der Waals surface area contributed by atoms with E-state index >= 15 is 0 Å². The normalized spacial score (nSPS) is 11.3. The fraction of sp³-hybridized carbons (Fsp3) is 0.286. The van der Waals surface area contributed by atoms with Gasteiger partial charge in [-0.3, -0.25) is 4.79 Å². The number of phenols is 2. The van der Waals surface area contributed by atoms with Crippen LogP contribution in [0.15, 0.2) is 39.5 Å². The highest BCUT2D eigenvalue weighted by Gasteiger charge is 2.19. The first-order chi connectivity index (χ1) is 13.3. The van der Waals surface area contributed by atoms with Gasteiger partial charge in [0.25, 0.3) is 0 Å². The van der Waals surface area contributed by atoms with Crippen LogP contribution in [0.3, 0.4) is 0 Å². The molecule has 0 atom stereocenters. The topological polar surface area (TPSA) is 106 Å². The lowest BCUT2D eigenvalue weighted by molar-refractivity contribution is 0.403. The van der Waals surface area contributed by atoms with E-state index in [9.17, 15) is 20.1 Å². The Morgan fingerprint density at radius 3 is 2.50 bits per heavy atom. The number of fused-ring (bicyclic) bond motifs is 1. The Bertz CT molecular complexity index is 1070. The molecule has 1 heterocycles. The first kappa shape index (κ1) is 19.6. The lowest BCUT2D eigenvalue weighted by Crippen LogP contribution is -2.16. The van der Waals surface area contributed by atoms with Crippen LogP contribution in [0.5, 0.6) is 17.2 Å². The molecule has 0 unspecified atom stereocenters. The summed E-state index contributed by atoms with van der Waals surface area (Å²) in [7, 11) is 4.01. The molecule has 0 fully saturated rings. The highest BCUT2D eigenvalue weighted by Crippen LogP contribution is 2.36. The van der Waals surface area contributed by atoms with Crippen LogP contribution in [0.1, 0.15) is 12.0 Å². The molecule has 28 heavy (non-hydrogen) atoms. The van der Waals surface area contributed by atoms with Gasteiger partial charge in [-0.25, -0.2) is 0 Å². The van der Waals surface area contributed by atoms with Crippen LogP contribution in [0, 0.1) is 6.92 Å². The number of hydrogen-bond donors (Lipinski definition) is 4. The van der Waals surface area contributed by atoms with Crippen molar-refractivity contribution in [1.82, 2.24) is 4.90 Å². The van der Waals surface area contributed by atoms with Crippen molar-refractivity contribution >= 4 is 16.7 Å². The fourth-order valence-corrected chi connectivity index (χ4v) is 3.04. The molecule has 0 saturated heterocycles. The van der Waals surface area contributed by atoms with Crippen molar-refractivity contribution in [1.29, 1.82) is 0 Å². The van der Waals surface area contributed by atoms with Gasteiger partial charge in [0.2, 0.25) is 11.2 Å². The monoisotopic (exact) mass is 384 g/mol. The van der Waals surface area contributed by atoms with Gasteiger partial charge in [0, 0.05) is 12.1 Å². The number of rotatable bonds is 6. The van der Waals surface area contributed by atoms with Gasteiger partial charge in [-0.15, -0.1) is 0 Å². The number of nitrogens with zero attached hydrogens (tertiary/aromatic N) is 1. The Morgan fingerprint density at radius 2 is 1.82 bits per heavy atom. The van der Waals surface area contributed by atoms with E-state index in [0.717, 1.165) is 18.5 Å². The molecule has 4 N–H and O–H groups in total. The smallest absolute Gasteiger partial charge is 0.235 e. The zero-order chi connectivity index (χ0) is 20.4. The molecular formula is C21H24N2O5. The van der Waals surface area contributed by atoms with E-state index in [-0.39, 0.29) is 28.2 Å². The molecule has 148 valence electrons. The van der Waals surface area contributed by atoms with Crippen molar-refractivity contribution in [2.24, 2.45) is 0 Å². The summed E-state index contributed by atoms with van der Waals surface area (Å²) >= 11 is 0. The van der Waals surface area contributed by atoms with Gasteiger partial charge in [0.1, 0.15) is 0 Å². The van der Waals surface area contributed by atoms with Crippen molar-refractivity contribution in [3.8, 4) is 28.6 Å². The largest absolute Gasteiger partial charge is 0.504 e. The van der Waals surface area contributed by atoms with Gasteiger partial charge >= 0.3 is 0 Å². The van der Waals surface area contributed by atoms with Gasteiger partial charge in [0.15, 0.2) is 22.8 Å². The molecule has 7 nitrogen and oxygen atoms in total. The van der Waals surface area contributed by atoms with E-state index < -0.39 is 11.2 Å². The van der Waals surface area contributed by atoms with Crippen LogP contribution in [0.25, 0.3) is 22.3 Å². The molecule has 0 spiro atoms. The van der Waals surface area contributed by atoms with Crippen molar-refractivity contribution < 1.29 is 19.7 Å². The lowest BCUT2D eigenvalue weighted by Gasteiger charge is -2.14. The first-order valence-corrected chi connectivity index (χ1v) is 8.99. The molecule has 0 aliphatic rings. The van der Waals surface area contributed by atoms with Crippen LogP contribution in [-0.4, -0.2) is 47.4 Å². The van der Waals surface area contributed by atoms with Crippen molar-refractivity contribution in [2.75, 3.05) is 32.5 Å². The van der Waals surface area contributed by atoms with Crippen LogP contribution < -0.4 is 10.7 Å². The fourth-order valence-electron chi connectivity index (χ4n) is 3.04. The van der Waals surface area contributed by atoms with Crippen molar-refractivity contribution in [3.05, 3.63) is 46.1 Å². The molecule has 1 aromatic heterocycles. The highest BCUT2D eigenvalue weighted by atomic mass is 16.4. The molecule has 3 aromatic rings. The number of anilines is 1. The predicted molar refractivity (Wildman–Crippen MR) is 109 cm³/mol. The predicted octanol–water partition coefficient (Wildman–Crippen LogP) is 3.25. The summed E-state index contributed by atoms with van der Waals surface area (Å²) in [6.07, 6.45) is 0.906. The molecule has 7 heteroatoms. The Hall–Kier alpha value is -3.19. The summed E-state index contributed by atoms with van der Waals surface area (Å²) in [4.78, 5) is 14.8. The van der Waals surface area contributed by atoms with Crippen LogP contribution in [-0.2, 0) is 0 Å². The maximum absolute atomic E-state index is 12.7. The molecule has 0 saturated carbocycles. The zero-order valence-corrected chi connectivity index (χ0v) is 16.1. The Kier molecular flexibility index (Phi) is 5.46. The number of hydrogen-bond acceptors (Lipinski definition) is 7. The second kappa shape index (κ2) is 7.82. The second-order valence-corrected chi connectivity index (χ2v) is 7.09. The highest BCUT2D eigenvalue weighted by molar-refractivity contribution is 5.92. The Morgan fingerprint density at radius 1 is 1.07 bits per heavy atom. The second-order valence-electron chi connectivity index (χ2n) is 7.09. The third-order valence-corrected chi connectivity index (χ3v) is 4.45. The number of phenolic OH excluding ortho intramolecular Hbond substituents is 2. The minimum absolute atomic E-state index is 0.0620. The number of aryl methyl sites for hydroxylation is 1. The molecular weight excluding hydrogens is 360 g/mol. The summed E-state index contributed by atoms with van der Waals surface area (Å²) in [5, 5.41) is 33.2. The minimum Gasteiger partial charge on any atom is -0.504 e. The summed E-state index contributed by atoms with van der Waals surface area (Å²) < 4.78 is 5.90. The van der Waals surface area contributed by atoms with Gasteiger partial charge in [-0.05, 0) is 69.9 Å². The first-order valence-electron chi connectivity index (χ1n) is 8.99. The van der Waals surface area contributed by atoms with Gasteiger partial charge in [-0.1, -0.05) is 0 Å². The standard InChI is InChI=1S/C21H24N2O5/c1-12-9-14-18(26)19(27)20(13-5-6-16(24)17(25)11-13)28-21(14)15(10-12)22-7-4-8-23(2)3/h5-6,9-11,22,24-25,27H,4,7-8H2,1-3H3. The van der Waals surface area contributed by atoms with E-state index in [0.29, 0.717) is 17.8 Å². The van der Waals surface area contributed by atoms with Gasteiger partial charge in [-0.2, -0.15) is 0 Å². The van der Waals surface area contributed by atoms with E-state index in [2.05, 4.69) is 10.2 Å². The third kappa shape index (κ3) is 3.89. The molecule has 0 amide bonds. The summed E-state index contributed by atoms with van der Waals surface area (Å²) in [6, 6.07) is 7.51. The molecule has 2 aromatic carbocycles. The van der Waals surface area contributed by atoms with E-state index in [4.69, 9.17) is 4.42 Å². The van der Waals surface area contributed by atoms with Crippen LogP contribution in [0.4, 0.5) is 5.69 Å². The zero-order valence-electron chi connectivity index (χ0n) is 16.1. The van der Waals surface area contributed by atoms with Crippen molar-refractivity contribution in [2.45, 2.75) is 13.3 Å². The van der Waals surface area contributed by atoms with Gasteiger partial charge < -0.3 is 30.0 Å². The maximum Gasteiger partial charge on any atom is 0.235 e. The molecule has 0 radical (unpaired) electrons. The van der Waals surface area contributed by atoms with E-state index in [1.807, 2.05) is 27.1 Å². The summed E-state index contributed by atoms with van der Waals surface area (Å²) in [5.41, 5.74) is 1.59. The van der Waals surface area contributed by atoms with Gasteiger partial charge in [0.05, 0.1) is 11.1 Å². The molecule has 0 aliphatic carbocycles. The average molecular weight is 384 g/mol. The van der Waals surface area contributed by atoms with Crippen LogP contribution >= 0.6 is 0 Å². The van der Waals surface area contributed by atoms with Crippen molar-refractivity contribution in [3.63, 3.8) is 0 Å².